The number of para-hydroxylation sites is 1. The molecule has 1 saturated heterocycles. The van der Waals surface area contributed by atoms with Gasteiger partial charge in [0.25, 0.3) is 11.7 Å². The molecule has 2 heterocycles. The lowest BCUT2D eigenvalue weighted by Gasteiger charge is -2.26. The molecule has 0 bridgehead atoms. The molecular weight excluding hydrogens is 444 g/mol. The molecule has 0 spiro atoms. The van der Waals surface area contributed by atoms with Gasteiger partial charge in [-0.25, -0.2) is 0 Å². The number of amides is 1. The van der Waals surface area contributed by atoms with E-state index in [0.717, 1.165) is 5.56 Å². The van der Waals surface area contributed by atoms with Crippen LogP contribution in [-0.4, -0.2) is 40.4 Å². The fourth-order valence-corrected chi connectivity index (χ4v) is 4.10. The van der Waals surface area contributed by atoms with Crippen molar-refractivity contribution in [1.29, 1.82) is 0 Å². The Morgan fingerprint density at radius 2 is 1.80 bits per heavy atom. The zero-order chi connectivity index (χ0) is 24.9. The Labute approximate surface area is 204 Å². The van der Waals surface area contributed by atoms with E-state index in [0.29, 0.717) is 35.2 Å². The average molecular weight is 473 g/mol. The molecular formula is C28H28N2O5. The van der Waals surface area contributed by atoms with E-state index >= 15 is 0 Å². The van der Waals surface area contributed by atoms with Crippen LogP contribution in [0.15, 0.2) is 78.6 Å². The normalized spacial score (nSPS) is 17.1. The summed E-state index contributed by atoms with van der Waals surface area (Å²) in [6.45, 7) is 4.77. The monoisotopic (exact) mass is 472 g/mol. The van der Waals surface area contributed by atoms with Crippen molar-refractivity contribution in [1.82, 2.24) is 9.88 Å². The second-order valence-corrected chi connectivity index (χ2v) is 8.76. The van der Waals surface area contributed by atoms with Gasteiger partial charge >= 0.3 is 0 Å². The van der Waals surface area contributed by atoms with E-state index in [1.165, 1.54) is 12.0 Å². The van der Waals surface area contributed by atoms with Gasteiger partial charge < -0.3 is 19.5 Å². The molecule has 0 radical (unpaired) electrons. The summed E-state index contributed by atoms with van der Waals surface area (Å²) in [6.07, 6.45) is 3.26. The number of aliphatic hydroxyl groups excluding tert-OH is 1. The number of benzene rings is 2. The predicted molar refractivity (Wildman–Crippen MR) is 132 cm³/mol. The van der Waals surface area contributed by atoms with Crippen LogP contribution in [0.25, 0.3) is 5.76 Å². The highest BCUT2D eigenvalue weighted by Gasteiger charge is 2.47. The molecule has 1 unspecified atom stereocenters. The van der Waals surface area contributed by atoms with Crippen LogP contribution in [-0.2, 0) is 16.1 Å². The third-order valence-electron chi connectivity index (χ3n) is 5.77. The van der Waals surface area contributed by atoms with Crippen molar-refractivity contribution in [3.8, 4) is 11.5 Å². The van der Waals surface area contributed by atoms with Crippen LogP contribution in [0.2, 0.25) is 0 Å². The Hall–Kier alpha value is -4.13. The second-order valence-electron chi connectivity index (χ2n) is 8.76. The van der Waals surface area contributed by atoms with E-state index in [1.54, 1.807) is 60.9 Å². The summed E-state index contributed by atoms with van der Waals surface area (Å²) in [5.41, 5.74) is 1.82. The Bertz CT molecular complexity index is 1250. The predicted octanol–water partition coefficient (Wildman–Crippen LogP) is 4.75. The Kier molecular flexibility index (Phi) is 7.15. The van der Waals surface area contributed by atoms with Crippen LogP contribution in [0.4, 0.5) is 0 Å². The van der Waals surface area contributed by atoms with Crippen LogP contribution in [0.5, 0.6) is 11.5 Å². The number of methoxy groups -OCH3 is 1. The van der Waals surface area contributed by atoms with Crippen molar-refractivity contribution in [2.24, 2.45) is 5.92 Å². The molecule has 2 aromatic carbocycles. The number of hydrogen-bond acceptors (Lipinski definition) is 6. The second kappa shape index (κ2) is 10.4. The number of ketones is 1. The number of aromatic nitrogens is 1. The maximum absolute atomic E-state index is 13.3. The number of carbonyl (C=O) groups excluding carboxylic acids is 2. The topological polar surface area (TPSA) is 89.0 Å². The number of carbonyl (C=O) groups is 2. The summed E-state index contributed by atoms with van der Waals surface area (Å²) < 4.78 is 11.3. The molecule has 1 aromatic heterocycles. The minimum atomic E-state index is -0.834. The zero-order valence-corrected chi connectivity index (χ0v) is 20.0. The van der Waals surface area contributed by atoms with E-state index in [-0.39, 0.29) is 17.9 Å². The number of aliphatic hydroxyl groups is 1. The van der Waals surface area contributed by atoms with Crippen LogP contribution in [0.1, 0.15) is 36.6 Å². The Morgan fingerprint density at radius 1 is 1.06 bits per heavy atom. The number of pyridine rings is 1. The molecule has 0 aliphatic carbocycles. The van der Waals surface area contributed by atoms with Gasteiger partial charge in [0.05, 0.1) is 25.3 Å². The molecule has 1 fully saturated rings. The number of Topliss-reactive ketones (excluding diaryl/α,β-unsaturated/α-hetero) is 1. The summed E-state index contributed by atoms with van der Waals surface area (Å²) >= 11 is 0. The van der Waals surface area contributed by atoms with Gasteiger partial charge in [0.15, 0.2) is 0 Å². The summed E-state index contributed by atoms with van der Waals surface area (Å²) in [7, 11) is 1.53. The van der Waals surface area contributed by atoms with E-state index in [9.17, 15) is 14.7 Å². The third-order valence-corrected chi connectivity index (χ3v) is 5.77. The molecule has 7 nitrogen and oxygen atoms in total. The van der Waals surface area contributed by atoms with Gasteiger partial charge in [0.2, 0.25) is 0 Å². The van der Waals surface area contributed by atoms with E-state index in [1.807, 2.05) is 26.0 Å². The molecule has 180 valence electrons. The SMILES string of the molecule is COc1ccccc1C1/C(=C(/O)c2cccc(OCC(C)C)c2)C(=O)C(=O)N1Cc1ccncc1. The van der Waals surface area contributed by atoms with Crippen LogP contribution in [0.3, 0.4) is 0 Å². The lowest BCUT2D eigenvalue weighted by molar-refractivity contribution is -0.140. The molecule has 1 atom stereocenters. The largest absolute Gasteiger partial charge is 0.507 e. The lowest BCUT2D eigenvalue weighted by Crippen LogP contribution is -2.29. The van der Waals surface area contributed by atoms with Crippen molar-refractivity contribution in [3.05, 3.63) is 95.3 Å². The van der Waals surface area contributed by atoms with Gasteiger partial charge in [-0.15, -0.1) is 0 Å². The van der Waals surface area contributed by atoms with Crippen molar-refractivity contribution < 1.29 is 24.2 Å². The molecule has 1 N–H and O–H groups in total. The van der Waals surface area contributed by atoms with E-state index in [2.05, 4.69) is 4.98 Å². The first-order chi connectivity index (χ1) is 16.9. The van der Waals surface area contributed by atoms with Gasteiger partial charge in [-0.3, -0.25) is 14.6 Å². The van der Waals surface area contributed by atoms with Crippen molar-refractivity contribution in [2.45, 2.75) is 26.4 Å². The summed E-state index contributed by atoms with van der Waals surface area (Å²) in [4.78, 5) is 32.0. The van der Waals surface area contributed by atoms with Crippen LogP contribution in [0, 0.1) is 5.92 Å². The summed E-state index contributed by atoms with van der Waals surface area (Å²) in [5.74, 6) is -0.281. The molecule has 35 heavy (non-hydrogen) atoms. The zero-order valence-electron chi connectivity index (χ0n) is 20.0. The molecule has 4 rings (SSSR count). The quantitative estimate of drug-likeness (QED) is 0.289. The van der Waals surface area contributed by atoms with Crippen LogP contribution >= 0.6 is 0 Å². The lowest BCUT2D eigenvalue weighted by atomic mass is 9.94. The number of likely N-dealkylation sites (tertiary alicyclic amines) is 1. The average Bonchev–Trinajstić information content (AvgIpc) is 3.12. The van der Waals surface area contributed by atoms with Gasteiger partial charge in [-0.05, 0) is 41.8 Å². The Morgan fingerprint density at radius 3 is 2.51 bits per heavy atom. The molecule has 0 saturated carbocycles. The van der Waals surface area contributed by atoms with E-state index < -0.39 is 17.7 Å². The maximum atomic E-state index is 13.3. The molecule has 7 heteroatoms. The number of hydrogen-bond donors (Lipinski definition) is 1. The molecule has 3 aromatic rings. The maximum Gasteiger partial charge on any atom is 0.295 e. The Balaban J connectivity index is 1.84. The fraction of sp³-hybridized carbons (Fsp3) is 0.250. The molecule has 1 amide bonds. The number of nitrogens with zero attached hydrogens (tertiary/aromatic N) is 2. The van der Waals surface area contributed by atoms with E-state index in [4.69, 9.17) is 9.47 Å². The third kappa shape index (κ3) is 5.04. The smallest absolute Gasteiger partial charge is 0.295 e. The standard InChI is InChI=1S/C28H28N2O5/c1-18(2)17-35-21-8-6-7-20(15-21)26(31)24-25(22-9-4-5-10-23(22)34-3)30(28(33)27(24)32)16-19-11-13-29-14-12-19/h4-15,18,25,31H,16-17H2,1-3H3/b26-24-. The first-order valence-electron chi connectivity index (χ1n) is 11.4. The van der Waals surface area contributed by atoms with Crippen molar-refractivity contribution >= 4 is 17.4 Å². The van der Waals surface area contributed by atoms with Crippen LogP contribution < -0.4 is 9.47 Å². The first-order valence-corrected chi connectivity index (χ1v) is 11.4. The number of rotatable bonds is 8. The van der Waals surface area contributed by atoms with Gasteiger partial charge in [0.1, 0.15) is 17.3 Å². The highest BCUT2D eigenvalue weighted by Crippen LogP contribution is 2.43. The minimum absolute atomic E-state index is 0.00886. The fourth-order valence-electron chi connectivity index (χ4n) is 4.10. The highest BCUT2D eigenvalue weighted by molar-refractivity contribution is 6.46. The van der Waals surface area contributed by atoms with Crippen molar-refractivity contribution in [3.63, 3.8) is 0 Å². The first kappa shape index (κ1) is 24.0. The van der Waals surface area contributed by atoms with Gasteiger partial charge in [-0.1, -0.05) is 44.2 Å². The highest BCUT2D eigenvalue weighted by atomic mass is 16.5. The van der Waals surface area contributed by atoms with Crippen molar-refractivity contribution in [2.75, 3.05) is 13.7 Å². The van der Waals surface area contributed by atoms with Gasteiger partial charge in [0, 0.05) is 30.1 Å². The minimum Gasteiger partial charge on any atom is -0.507 e. The summed E-state index contributed by atoms with van der Waals surface area (Å²) in [6, 6.07) is 16.8. The number of ether oxygens (including phenoxy) is 2. The molecule has 1 aliphatic heterocycles. The molecule has 1 aliphatic rings. The van der Waals surface area contributed by atoms with Gasteiger partial charge in [-0.2, -0.15) is 0 Å². The summed E-state index contributed by atoms with van der Waals surface area (Å²) in [5, 5.41) is 11.4.